The average molecular weight is 271 g/mol. The molecular formula is C18H25NO. The van der Waals surface area contributed by atoms with E-state index in [9.17, 15) is 4.79 Å². The number of carbonyl (C=O) groups excluding carboxylic acids is 1. The maximum absolute atomic E-state index is 12.6. The van der Waals surface area contributed by atoms with Crippen molar-refractivity contribution in [1.29, 1.82) is 0 Å². The molecular weight excluding hydrogens is 246 g/mol. The zero-order valence-corrected chi connectivity index (χ0v) is 12.6. The lowest BCUT2D eigenvalue weighted by atomic mass is 9.83. The van der Waals surface area contributed by atoms with Gasteiger partial charge in [0.25, 0.3) is 0 Å². The van der Waals surface area contributed by atoms with Crippen LogP contribution in [0, 0.1) is 5.92 Å². The van der Waals surface area contributed by atoms with E-state index in [1.54, 1.807) is 0 Å². The first-order valence-electron chi connectivity index (χ1n) is 8.05. The lowest BCUT2D eigenvalue weighted by molar-refractivity contribution is 0.0966. The van der Waals surface area contributed by atoms with E-state index < -0.39 is 0 Å². The van der Waals surface area contributed by atoms with Crippen molar-refractivity contribution < 1.29 is 4.79 Å². The number of ketones is 1. The smallest absolute Gasteiger partial charge is 0.166 e. The monoisotopic (exact) mass is 271 g/mol. The van der Waals surface area contributed by atoms with Crippen molar-refractivity contribution in [2.75, 3.05) is 13.1 Å². The second kappa shape index (κ2) is 5.69. The summed E-state index contributed by atoms with van der Waals surface area (Å²) in [5, 5.41) is 3.41. The Hall–Kier alpha value is -1.15. The summed E-state index contributed by atoms with van der Waals surface area (Å²) in [7, 11) is 0. The van der Waals surface area contributed by atoms with Crippen LogP contribution < -0.4 is 5.32 Å². The minimum Gasteiger partial charge on any atom is -0.317 e. The fourth-order valence-corrected chi connectivity index (χ4v) is 3.20. The summed E-state index contributed by atoms with van der Waals surface area (Å²) in [5.74, 6) is 1.77. The van der Waals surface area contributed by atoms with Gasteiger partial charge in [-0.05, 0) is 67.8 Å². The second-order valence-electron chi connectivity index (χ2n) is 6.66. The fourth-order valence-electron chi connectivity index (χ4n) is 3.20. The summed E-state index contributed by atoms with van der Waals surface area (Å²) >= 11 is 0. The molecule has 1 N–H and O–H groups in total. The van der Waals surface area contributed by atoms with Gasteiger partial charge in [-0.2, -0.15) is 0 Å². The first-order valence-corrected chi connectivity index (χ1v) is 8.05. The molecule has 0 radical (unpaired) electrons. The third-order valence-corrected chi connectivity index (χ3v) is 4.74. The number of benzene rings is 1. The van der Waals surface area contributed by atoms with Gasteiger partial charge in [0, 0.05) is 11.5 Å². The second-order valence-corrected chi connectivity index (χ2v) is 6.66. The lowest BCUT2D eigenvalue weighted by Gasteiger charge is -2.25. The topological polar surface area (TPSA) is 29.1 Å². The summed E-state index contributed by atoms with van der Waals surface area (Å²) in [4.78, 5) is 12.6. The highest BCUT2D eigenvalue weighted by molar-refractivity contribution is 6.01. The molecule has 1 heterocycles. The fraction of sp³-hybridized carbons (Fsp3) is 0.611. The molecule has 0 aromatic heterocycles. The zero-order valence-electron chi connectivity index (χ0n) is 12.6. The van der Waals surface area contributed by atoms with Crippen molar-refractivity contribution in [1.82, 2.24) is 5.32 Å². The van der Waals surface area contributed by atoms with Crippen LogP contribution in [0.2, 0.25) is 0 Å². The average Bonchev–Trinajstić information content (AvgIpc) is 3.31. The Morgan fingerprint density at radius 3 is 2.45 bits per heavy atom. The van der Waals surface area contributed by atoms with Gasteiger partial charge in [0.05, 0.1) is 0 Å². The Bertz CT molecular complexity index is 496. The predicted octanol–water partition coefficient (Wildman–Crippen LogP) is 3.87. The van der Waals surface area contributed by atoms with Crippen LogP contribution in [0.5, 0.6) is 0 Å². The summed E-state index contributed by atoms with van der Waals surface area (Å²) in [5.41, 5.74) is 3.64. The van der Waals surface area contributed by atoms with Gasteiger partial charge in [-0.25, -0.2) is 0 Å². The zero-order chi connectivity index (χ0) is 14.1. The predicted molar refractivity (Wildman–Crippen MR) is 82.4 cm³/mol. The molecule has 108 valence electrons. The molecule has 0 atom stereocenters. The van der Waals surface area contributed by atoms with Crippen LogP contribution in [0.4, 0.5) is 0 Å². The molecule has 0 unspecified atom stereocenters. The first kappa shape index (κ1) is 13.8. The summed E-state index contributed by atoms with van der Waals surface area (Å²) < 4.78 is 0. The number of piperidine rings is 1. The normalized spacial score (nSPS) is 20.4. The molecule has 2 fully saturated rings. The summed E-state index contributed by atoms with van der Waals surface area (Å²) in [6, 6.07) is 6.65. The molecule has 2 aliphatic rings. The number of nitrogens with one attached hydrogen (secondary N) is 1. The Labute approximate surface area is 122 Å². The van der Waals surface area contributed by atoms with Gasteiger partial charge >= 0.3 is 0 Å². The van der Waals surface area contributed by atoms with Crippen LogP contribution in [0.1, 0.15) is 72.9 Å². The summed E-state index contributed by atoms with van der Waals surface area (Å²) in [6.07, 6.45) is 4.50. The van der Waals surface area contributed by atoms with Crippen LogP contribution in [0.15, 0.2) is 18.2 Å². The van der Waals surface area contributed by atoms with Crippen LogP contribution >= 0.6 is 0 Å². The van der Waals surface area contributed by atoms with Crippen LogP contribution in [0.25, 0.3) is 0 Å². The Kier molecular flexibility index (Phi) is 3.93. The molecule has 1 aliphatic heterocycles. The number of hydrogen-bond donors (Lipinski definition) is 1. The molecule has 1 saturated heterocycles. The molecule has 3 rings (SSSR count). The van der Waals surface area contributed by atoms with Gasteiger partial charge in [-0.15, -0.1) is 0 Å². The molecule has 1 aromatic rings. The van der Waals surface area contributed by atoms with E-state index in [4.69, 9.17) is 0 Å². The number of rotatable bonds is 4. The molecule has 0 amide bonds. The Morgan fingerprint density at radius 2 is 1.85 bits per heavy atom. The number of Topliss-reactive ketones (excluding diaryl/α,β-unsaturated/α-hetero) is 1. The van der Waals surface area contributed by atoms with Crippen LogP contribution in [0.3, 0.4) is 0 Å². The molecule has 1 aromatic carbocycles. The van der Waals surface area contributed by atoms with Crippen molar-refractivity contribution >= 4 is 5.78 Å². The van der Waals surface area contributed by atoms with Crippen molar-refractivity contribution in [3.63, 3.8) is 0 Å². The van der Waals surface area contributed by atoms with Gasteiger partial charge in [0.1, 0.15) is 0 Å². The van der Waals surface area contributed by atoms with E-state index in [0.29, 0.717) is 23.5 Å². The lowest BCUT2D eigenvalue weighted by Crippen LogP contribution is -2.27. The van der Waals surface area contributed by atoms with E-state index in [-0.39, 0.29) is 0 Å². The quantitative estimate of drug-likeness (QED) is 0.842. The molecule has 20 heavy (non-hydrogen) atoms. The third-order valence-electron chi connectivity index (χ3n) is 4.74. The van der Waals surface area contributed by atoms with Crippen molar-refractivity contribution in [2.24, 2.45) is 5.92 Å². The highest BCUT2D eigenvalue weighted by Gasteiger charge is 2.33. The maximum atomic E-state index is 12.6. The van der Waals surface area contributed by atoms with Gasteiger partial charge in [-0.3, -0.25) is 4.79 Å². The highest BCUT2D eigenvalue weighted by Crippen LogP contribution is 2.37. The van der Waals surface area contributed by atoms with E-state index in [2.05, 4.69) is 37.4 Å². The SMILES string of the molecule is CC(C)c1ccc(C2CCNCC2)c(C(=O)C2CC2)c1. The Morgan fingerprint density at radius 1 is 1.15 bits per heavy atom. The largest absolute Gasteiger partial charge is 0.317 e. The van der Waals surface area contributed by atoms with E-state index in [1.165, 1.54) is 11.1 Å². The van der Waals surface area contributed by atoms with Crippen LogP contribution in [-0.2, 0) is 0 Å². The molecule has 0 spiro atoms. The Balaban J connectivity index is 1.96. The molecule has 0 bridgehead atoms. The first-order chi connectivity index (χ1) is 9.66. The third kappa shape index (κ3) is 2.80. The van der Waals surface area contributed by atoms with E-state index in [0.717, 1.165) is 44.3 Å². The minimum absolute atomic E-state index is 0.317. The van der Waals surface area contributed by atoms with Gasteiger partial charge < -0.3 is 5.32 Å². The minimum atomic E-state index is 0.317. The van der Waals surface area contributed by atoms with Crippen molar-refractivity contribution in [3.8, 4) is 0 Å². The number of hydrogen-bond acceptors (Lipinski definition) is 2. The number of carbonyl (C=O) groups is 1. The highest BCUT2D eigenvalue weighted by atomic mass is 16.1. The van der Waals surface area contributed by atoms with Gasteiger partial charge in [-0.1, -0.05) is 26.0 Å². The van der Waals surface area contributed by atoms with Gasteiger partial charge in [0.2, 0.25) is 0 Å². The van der Waals surface area contributed by atoms with Crippen molar-refractivity contribution in [2.45, 2.75) is 51.4 Å². The summed E-state index contributed by atoms with van der Waals surface area (Å²) in [6.45, 7) is 6.55. The van der Waals surface area contributed by atoms with Gasteiger partial charge in [0.15, 0.2) is 5.78 Å². The molecule has 1 aliphatic carbocycles. The van der Waals surface area contributed by atoms with Crippen molar-refractivity contribution in [3.05, 3.63) is 34.9 Å². The standard InChI is InChI=1S/C18H25NO/c1-12(2)15-5-6-16(13-7-9-19-10-8-13)17(11-15)18(20)14-3-4-14/h5-6,11-14,19H,3-4,7-10H2,1-2H3. The van der Waals surface area contributed by atoms with E-state index >= 15 is 0 Å². The van der Waals surface area contributed by atoms with Crippen LogP contribution in [-0.4, -0.2) is 18.9 Å². The maximum Gasteiger partial charge on any atom is 0.166 e. The van der Waals surface area contributed by atoms with E-state index in [1.807, 2.05) is 0 Å². The molecule has 1 saturated carbocycles. The molecule has 2 nitrogen and oxygen atoms in total. The molecule has 2 heteroatoms.